The molecule has 1 amide bonds. The molecule has 1 fully saturated rings. The fourth-order valence-electron chi connectivity index (χ4n) is 3.35. The van der Waals surface area contributed by atoms with Gasteiger partial charge < -0.3 is 19.7 Å². The van der Waals surface area contributed by atoms with Crippen LogP contribution in [-0.2, 0) is 0 Å². The summed E-state index contributed by atoms with van der Waals surface area (Å²) in [5, 5.41) is 11.6. The summed E-state index contributed by atoms with van der Waals surface area (Å²) in [6, 6.07) is 4.20. The fraction of sp³-hybridized carbons (Fsp3) is 0.500. The van der Waals surface area contributed by atoms with Gasteiger partial charge in [0, 0.05) is 31.2 Å². The topological polar surface area (TPSA) is 69.9 Å². The Balaban J connectivity index is 1.99. The van der Waals surface area contributed by atoms with Crippen molar-refractivity contribution in [1.29, 1.82) is 0 Å². The molecule has 118 valence electrons. The number of carboxylic acid groups (broad SMARTS) is 1. The molecular weight excluding hydrogens is 280 g/mol. The minimum Gasteiger partial charge on any atom is -0.465 e. The van der Waals surface area contributed by atoms with Crippen molar-refractivity contribution in [3.8, 4) is 0 Å². The van der Waals surface area contributed by atoms with Crippen LogP contribution < -0.4 is 10.2 Å². The first-order valence-corrected chi connectivity index (χ1v) is 7.54. The second kappa shape index (κ2) is 5.19. The van der Waals surface area contributed by atoms with Gasteiger partial charge in [0.15, 0.2) is 5.82 Å². The van der Waals surface area contributed by atoms with E-state index < -0.39 is 6.09 Å². The summed E-state index contributed by atoms with van der Waals surface area (Å²) in [6.45, 7) is 7.20. The smallest absolute Gasteiger partial charge is 0.404 e. The van der Waals surface area contributed by atoms with Crippen LogP contribution in [0.25, 0.3) is 5.52 Å². The van der Waals surface area contributed by atoms with Gasteiger partial charge in [-0.2, -0.15) is 0 Å². The largest absolute Gasteiger partial charge is 0.465 e. The minimum atomic E-state index is -0.964. The second-order valence-corrected chi connectivity index (χ2v) is 6.97. The highest BCUT2D eigenvalue weighted by atomic mass is 16.4. The number of amides is 1. The molecule has 0 aromatic carbocycles. The average molecular weight is 302 g/mol. The first kappa shape index (κ1) is 14.7. The molecule has 3 rings (SSSR count). The highest BCUT2D eigenvalue weighted by Gasteiger charge is 2.40. The summed E-state index contributed by atoms with van der Waals surface area (Å²) in [5.74, 6) is 0.919. The number of carbonyl (C=O) groups is 1. The summed E-state index contributed by atoms with van der Waals surface area (Å²) < 4.78 is 2.04. The molecule has 6 heteroatoms. The molecule has 2 atom stereocenters. The first-order chi connectivity index (χ1) is 10.4. The quantitative estimate of drug-likeness (QED) is 0.894. The van der Waals surface area contributed by atoms with E-state index in [1.165, 1.54) is 0 Å². The molecule has 0 aliphatic carbocycles. The summed E-state index contributed by atoms with van der Waals surface area (Å²) in [6.07, 6.45) is 5.54. The number of rotatable bonds is 2. The Hall–Kier alpha value is -2.24. The van der Waals surface area contributed by atoms with Crippen LogP contribution in [0.2, 0.25) is 0 Å². The van der Waals surface area contributed by atoms with Crippen molar-refractivity contribution in [2.75, 3.05) is 11.4 Å². The van der Waals surface area contributed by atoms with Crippen molar-refractivity contribution in [3.63, 3.8) is 0 Å². The molecule has 2 unspecified atom stereocenters. The van der Waals surface area contributed by atoms with Gasteiger partial charge in [0.2, 0.25) is 0 Å². The van der Waals surface area contributed by atoms with E-state index in [9.17, 15) is 4.79 Å². The van der Waals surface area contributed by atoms with E-state index in [4.69, 9.17) is 5.11 Å². The van der Waals surface area contributed by atoms with Crippen molar-refractivity contribution < 1.29 is 9.90 Å². The first-order valence-electron chi connectivity index (χ1n) is 7.54. The molecule has 2 aromatic rings. The zero-order valence-electron chi connectivity index (χ0n) is 13.2. The zero-order valence-corrected chi connectivity index (χ0v) is 13.2. The van der Waals surface area contributed by atoms with Crippen LogP contribution in [0, 0.1) is 5.41 Å². The number of hydrogen-bond donors (Lipinski definition) is 2. The van der Waals surface area contributed by atoms with Crippen LogP contribution in [0.15, 0.2) is 30.7 Å². The van der Waals surface area contributed by atoms with Gasteiger partial charge >= 0.3 is 6.09 Å². The lowest BCUT2D eigenvalue weighted by molar-refractivity contribution is 0.190. The third-order valence-electron chi connectivity index (χ3n) is 4.33. The van der Waals surface area contributed by atoms with Gasteiger partial charge in [-0.3, -0.25) is 0 Å². The van der Waals surface area contributed by atoms with Gasteiger partial charge in [0.25, 0.3) is 0 Å². The van der Waals surface area contributed by atoms with Gasteiger partial charge in [0.05, 0.1) is 11.6 Å². The molecule has 22 heavy (non-hydrogen) atoms. The monoisotopic (exact) mass is 302 g/mol. The number of aromatic nitrogens is 2. The second-order valence-electron chi connectivity index (χ2n) is 6.97. The lowest BCUT2D eigenvalue weighted by atomic mass is 9.84. The summed E-state index contributed by atoms with van der Waals surface area (Å²) in [7, 11) is 0. The standard InChI is InChI=1S/C16H22N4O2/c1-16(2,3)13-9-11(18-15(21)22)10-20(13)14-12-5-4-7-19(12)8-6-17-14/h4-8,11,13,18H,9-10H2,1-3H3,(H,21,22). The third-order valence-corrected chi connectivity index (χ3v) is 4.33. The fourth-order valence-corrected chi connectivity index (χ4v) is 3.35. The molecule has 0 saturated carbocycles. The van der Waals surface area contributed by atoms with Crippen LogP contribution in [0.3, 0.4) is 0 Å². The summed E-state index contributed by atoms with van der Waals surface area (Å²) in [5.41, 5.74) is 1.09. The maximum absolute atomic E-state index is 11.0. The molecule has 0 spiro atoms. The number of nitrogens with zero attached hydrogens (tertiary/aromatic N) is 3. The van der Waals surface area contributed by atoms with Gasteiger partial charge in [-0.05, 0) is 24.0 Å². The molecule has 2 N–H and O–H groups in total. The number of anilines is 1. The van der Waals surface area contributed by atoms with Crippen LogP contribution >= 0.6 is 0 Å². The highest BCUT2D eigenvalue weighted by Crippen LogP contribution is 2.37. The normalized spacial score (nSPS) is 22.2. The number of hydrogen-bond acceptors (Lipinski definition) is 3. The van der Waals surface area contributed by atoms with E-state index in [0.29, 0.717) is 6.54 Å². The molecule has 0 radical (unpaired) electrons. The Morgan fingerprint density at radius 2 is 2.18 bits per heavy atom. The molecule has 1 saturated heterocycles. The van der Waals surface area contributed by atoms with Crippen LogP contribution in [0.4, 0.5) is 10.6 Å². The van der Waals surface area contributed by atoms with Crippen molar-refractivity contribution in [3.05, 3.63) is 30.7 Å². The maximum Gasteiger partial charge on any atom is 0.404 e. The predicted molar refractivity (Wildman–Crippen MR) is 85.3 cm³/mol. The number of nitrogens with one attached hydrogen (secondary N) is 1. The minimum absolute atomic E-state index is 0.0377. The van der Waals surface area contributed by atoms with E-state index in [1.54, 1.807) is 6.20 Å². The van der Waals surface area contributed by atoms with E-state index in [1.807, 2.05) is 28.9 Å². The Morgan fingerprint density at radius 3 is 2.86 bits per heavy atom. The lowest BCUT2D eigenvalue weighted by Crippen LogP contribution is -2.40. The molecule has 1 aliphatic heterocycles. The van der Waals surface area contributed by atoms with Crippen LogP contribution in [0.5, 0.6) is 0 Å². The Labute approximate surface area is 129 Å². The molecule has 6 nitrogen and oxygen atoms in total. The van der Waals surface area contributed by atoms with E-state index in [2.05, 4.69) is 36.0 Å². The van der Waals surface area contributed by atoms with Crippen molar-refractivity contribution in [2.45, 2.75) is 39.3 Å². The molecule has 3 heterocycles. The molecular formula is C16H22N4O2. The van der Waals surface area contributed by atoms with Gasteiger partial charge in [-0.15, -0.1) is 0 Å². The maximum atomic E-state index is 11.0. The van der Waals surface area contributed by atoms with Crippen molar-refractivity contribution in [1.82, 2.24) is 14.7 Å². The summed E-state index contributed by atoms with van der Waals surface area (Å²) >= 11 is 0. The van der Waals surface area contributed by atoms with Gasteiger partial charge in [-0.1, -0.05) is 20.8 Å². The number of fused-ring (bicyclic) bond motifs is 1. The van der Waals surface area contributed by atoms with Crippen molar-refractivity contribution in [2.24, 2.45) is 5.41 Å². The third kappa shape index (κ3) is 2.61. The average Bonchev–Trinajstić information content (AvgIpc) is 3.02. The Bertz CT molecular complexity index is 689. The lowest BCUT2D eigenvalue weighted by Gasteiger charge is -2.35. The van der Waals surface area contributed by atoms with Gasteiger partial charge in [0.1, 0.15) is 0 Å². The predicted octanol–water partition coefficient (Wildman–Crippen LogP) is 2.60. The van der Waals surface area contributed by atoms with Gasteiger partial charge in [-0.25, -0.2) is 9.78 Å². The van der Waals surface area contributed by atoms with Crippen molar-refractivity contribution >= 4 is 17.4 Å². The van der Waals surface area contributed by atoms with Crippen LogP contribution in [-0.4, -0.2) is 39.2 Å². The zero-order chi connectivity index (χ0) is 15.9. The molecule has 0 bridgehead atoms. The Kier molecular flexibility index (Phi) is 3.47. The molecule has 2 aromatic heterocycles. The highest BCUT2D eigenvalue weighted by molar-refractivity contribution is 5.71. The summed E-state index contributed by atoms with van der Waals surface area (Å²) in [4.78, 5) is 17.8. The van der Waals surface area contributed by atoms with E-state index >= 15 is 0 Å². The van der Waals surface area contributed by atoms with E-state index in [0.717, 1.165) is 17.8 Å². The SMILES string of the molecule is CC(C)(C)C1CC(NC(=O)O)CN1c1nccn2cccc12. The van der Waals surface area contributed by atoms with E-state index in [-0.39, 0.29) is 17.5 Å². The Morgan fingerprint density at radius 1 is 1.41 bits per heavy atom. The molecule has 1 aliphatic rings. The van der Waals surface area contributed by atoms with Crippen LogP contribution in [0.1, 0.15) is 27.2 Å².